The third-order valence-corrected chi connectivity index (χ3v) is 3.00. The van der Waals surface area contributed by atoms with Gasteiger partial charge in [-0.15, -0.1) is 0 Å². The molecule has 5 nitrogen and oxygen atoms in total. The van der Waals surface area contributed by atoms with Gasteiger partial charge < -0.3 is 10.1 Å². The highest BCUT2D eigenvalue weighted by Crippen LogP contribution is 2.22. The van der Waals surface area contributed by atoms with E-state index >= 15 is 0 Å². The third kappa shape index (κ3) is 3.90. The lowest BCUT2D eigenvalue weighted by Gasteiger charge is -2.08. The van der Waals surface area contributed by atoms with Crippen molar-refractivity contribution in [3.63, 3.8) is 0 Å². The van der Waals surface area contributed by atoms with Crippen LogP contribution < -0.4 is 10.1 Å². The topological polar surface area (TPSA) is 59.9 Å². The molecule has 2 rings (SSSR count). The molecule has 1 aromatic heterocycles. The zero-order chi connectivity index (χ0) is 14.4. The van der Waals surface area contributed by atoms with Crippen LogP contribution in [0.2, 0.25) is 0 Å². The Morgan fingerprint density at radius 3 is 2.75 bits per heavy atom. The quantitative estimate of drug-likeness (QED) is 0.874. The van der Waals surface area contributed by atoms with Crippen molar-refractivity contribution in [3.8, 4) is 17.4 Å². The Balaban J connectivity index is 2.37. The van der Waals surface area contributed by atoms with Crippen molar-refractivity contribution >= 4 is 21.9 Å². The number of hydrogen-bond donors (Lipinski definition) is 1. The van der Waals surface area contributed by atoms with E-state index in [-0.39, 0.29) is 0 Å². The molecule has 6 heteroatoms. The molecule has 1 heterocycles. The van der Waals surface area contributed by atoms with Crippen LogP contribution in [0.5, 0.6) is 6.01 Å². The summed E-state index contributed by atoms with van der Waals surface area (Å²) in [7, 11) is 0. The molecule has 0 atom stereocenters. The van der Waals surface area contributed by atoms with Gasteiger partial charge in [0.05, 0.1) is 6.61 Å². The van der Waals surface area contributed by atoms with Crippen molar-refractivity contribution in [1.29, 1.82) is 0 Å². The maximum Gasteiger partial charge on any atom is 0.321 e. The van der Waals surface area contributed by atoms with E-state index in [1.54, 1.807) is 0 Å². The minimum atomic E-state index is 0.344. The number of rotatable bonds is 6. The summed E-state index contributed by atoms with van der Waals surface area (Å²) in [5, 5.41) is 3.16. The van der Waals surface area contributed by atoms with Crippen LogP contribution >= 0.6 is 15.9 Å². The molecule has 1 N–H and O–H groups in total. The Hall–Kier alpha value is -1.69. The number of nitrogens with zero attached hydrogens (tertiary/aromatic N) is 3. The summed E-state index contributed by atoms with van der Waals surface area (Å²) in [6.45, 7) is 5.33. The molecule has 0 saturated carbocycles. The number of halogens is 1. The molecule has 0 aliphatic heterocycles. The second-order valence-corrected chi connectivity index (χ2v) is 5.05. The first-order valence-electron chi connectivity index (χ1n) is 6.61. The van der Waals surface area contributed by atoms with Crippen molar-refractivity contribution in [2.45, 2.75) is 20.3 Å². The summed E-state index contributed by atoms with van der Waals surface area (Å²) in [5.41, 5.74) is 0.919. The van der Waals surface area contributed by atoms with Crippen LogP contribution in [0, 0.1) is 0 Å². The fourth-order valence-corrected chi connectivity index (χ4v) is 2.02. The van der Waals surface area contributed by atoms with E-state index in [0.29, 0.717) is 24.4 Å². The number of benzene rings is 1. The highest BCUT2D eigenvalue weighted by Gasteiger charge is 2.09. The molecular formula is C14H17BrN4O. The molecule has 0 radical (unpaired) electrons. The van der Waals surface area contributed by atoms with Gasteiger partial charge in [0, 0.05) is 16.6 Å². The van der Waals surface area contributed by atoms with Gasteiger partial charge in [-0.1, -0.05) is 35.0 Å². The Labute approximate surface area is 127 Å². The second kappa shape index (κ2) is 7.19. The predicted molar refractivity (Wildman–Crippen MR) is 82.9 cm³/mol. The van der Waals surface area contributed by atoms with Gasteiger partial charge in [0.1, 0.15) is 0 Å². The van der Waals surface area contributed by atoms with Crippen LogP contribution in [0.1, 0.15) is 20.3 Å². The van der Waals surface area contributed by atoms with Gasteiger partial charge in [0.15, 0.2) is 5.82 Å². The molecule has 0 fully saturated rings. The molecule has 106 valence electrons. The SMILES string of the molecule is CCCNc1nc(OCC)nc(-c2cccc(Br)c2)n1. The molecule has 20 heavy (non-hydrogen) atoms. The molecule has 1 aromatic carbocycles. The predicted octanol–water partition coefficient (Wildman–Crippen LogP) is 3.52. The summed E-state index contributed by atoms with van der Waals surface area (Å²) in [6.07, 6.45) is 1.00. The lowest BCUT2D eigenvalue weighted by molar-refractivity contribution is 0.312. The van der Waals surface area contributed by atoms with Gasteiger partial charge >= 0.3 is 6.01 Å². The Bertz CT molecular complexity index is 577. The number of nitrogens with one attached hydrogen (secondary N) is 1. The molecule has 0 saturated heterocycles. The molecule has 0 bridgehead atoms. The van der Waals surface area contributed by atoms with E-state index in [1.807, 2.05) is 31.2 Å². The highest BCUT2D eigenvalue weighted by atomic mass is 79.9. The molecular weight excluding hydrogens is 320 g/mol. The van der Waals surface area contributed by atoms with Gasteiger partial charge in [-0.05, 0) is 25.5 Å². The lowest BCUT2D eigenvalue weighted by Crippen LogP contribution is -2.08. The van der Waals surface area contributed by atoms with Crippen LogP contribution in [0.3, 0.4) is 0 Å². The van der Waals surface area contributed by atoms with Crippen molar-refractivity contribution in [3.05, 3.63) is 28.7 Å². The van der Waals surface area contributed by atoms with E-state index in [2.05, 4.69) is 43.1 Å². The van der Waals surface area contributed by atoms with Crippen molar-refractivity contribution in [1.82, 2.24) is 15.0 Å². The maximum absolute atomic E-state index is 5.40. The van der Waals surface area contributed by atoms with Crippen molar-refractivity contribution < 1.29 is 4.74 Å². The van der Waals surface area contributed by atoms with Gasteiger partial charge in [0.25, 0.3) is 0 Å². The van der Waals surface area contributed by atoms with Gasteiger partial charge in [-0.2, -0.15) is 15.0 Å². The van der Waals surface area contributed by atoms with E-state index in [4.69, 9.17) is 4.74 Å². The molecule has 0 unspecified atom stereocenters. The normalized spacial score (nSPS) is 10.3. The first kappa shape index (κ1) is 14.7. The molecule has 2 aromatic rings. The Morgan fingerprint density at radius 1 is 1.20 bits per heavy atom. The first-order valence-corrected chi connectivity index (χ1v) is 7.41. The van der Waals surface area contributed by atoms with Crippen molar-refractivity contribution in [2.24, 2.45) is 0 Å². The molecule has 0 amide bonds. The number of aromatic nitrogens is 3. The summed E-state index contributed by atoms with van der Waals surface area (Å²) < 4.78 is 6.39. The van der Waals surface area contributed by atoms with Crippen LogP contribution in [-0.4, -0.2) is 28.1 Å². The Kier molecular flexibility index (Phi) is 5.29. The summed E-state index contributed by atoms with van der Waals surface area (Å²) >= 11 is 3.45. The standard InChI is InChI=1S/C14H17BrN4O/c1-3-8-16-13-17-12(18-14(19-13)20-4-2)10-6-5-7-11(15)9-10/h5-7,9H,3-4,8H2,1-2H3,(H,16,17,18,19). The fourth-order valence-electron chi connectivity index (χ4n) is 1.62. The van der Waals surface area contributed by atoms with Crippen LogP contribution in [0.4, 0.5) is 5.95 Å². The van der Waals surface area contributed by atoms with Gasteiger partial charge in [-0.3, -0.25) is 0 Å². The largest absolute Gasteiger partial charge is 0.464 e. The maximum atomic E-state index is 5.40. The summed E-state index contributed by atoms with van der Waals surface area (Å²) in [6, 6.07) is 8.18. The van der Waals surface area contributed by atoms with Gasteiger partial charge in [0.2, 0.25) is 5.95 Å². The summed E-state index contributed by atoms with van der Waals surface area (Å²) in [4.78, 5) is 13.0. The number of ether oxygens (including phenoxy) is 1. The van der Waals surface area contributed by atoms with Crippen LogP contribution in [0.15, 0.2) is 28.7 Å². The zero-order valence-corrected chi connectivity index (χ0v) is 13.1. The van der Waals surface area contributed by atoms with Crippen molar-refractivity contribution in [2.75, 3.05) is 18.5 Å². The monoisotopic (exact) mass is 336 g/mol. The fraction of sp³-hybridized carbons (Fsp3) is 0.357. The van der Waals surface area contributed by atoms with E-state index in [9.17, 15) is 0 Å². The van der Waals surface area contributed by atoms with Crippen LogP contribution in [-0.2, 0) is 0 Å². The number of hydrogen-bond acceptors (Lipinski definition) is 5. The van der Waals surface area contributed by atoms with Crippen LogP contribution in [0.25, 0.3) is 11.4 Å². The highest BCUT2D eigenvalue weighted by molar-refractivity contribution is 9.10. The summed E-state index contributed by atoms with van der Waals surface area (Å²) in [5.74, 6) is 1.14. The molecule has 0 aliphatic carbocycles. The zero-order valence-electron chi connectivity index (χ0n) is 11.6. The average molecular weight is 337 g/mol. The average Bonchev–Trinajstić information content (AvgIpc) is 2.45. The number of anilines is 1. The Morgan fingerprint density at radius 2 is 2.05 bits per heavy atom. The minimum absolute atomic E-state index is 0.344. The molecule has 0 spiro atoms. The van der Waals surface area contributed by atoms with Gasteiger partial charge in [-0.25, -0.2) is 0 Å². The first-order chi connectivity index (χ1) is 9.72. The van der Waals surface area contributed by atoms with E-state index in [1.165, 1.54) is 0 Å². The van der Waals surface area contributed by atoms with E-state index in [0.717, 1.165) is 23.0 Å². The smallest absolute Gasteiger partial charge is 0.321 e. The lowest BCUT2D eigenvalue weighted by atomic mass is 10.2. The second-order valence-electron chi connectivity index (χ2n) is 4.14. The molecule has 0 aliphatic rings. The third-order valence-electron chi connectivity index (χ3n) is 2.50. The minimum Gasteiger partial charge on any atom is -0.464 e. The van der Waals surface area contributed by atoms with E-state index < -0.39 is 0 Å².